The summed E-state index contributed by atoms with van der Waals surface area (Å²) in [6, 6.07) is 0. The molecule has 1 aromatic rings. The molecule has 15 heavy (non-hydrogen) atoms. The Labute approximate surface area is 90.5 Å². The van der Waals surface area contributed by atoms with Crippen molar-refractivity contribution in [3.05, 3.63) is 24.3 Å². The lowest BCUT2D eigenvalue weighted by Crippen LogP contribution is -2.33. The Balaban J connectivity index is 1.66. The standard InChI is InChI=1S/C11H18N4/c1-3-12-4-2-10(1)7-14-9-11-8-13-5-6-15-11/h5-6,8,10,12,14H,1-4,7,9H2. The second-order valence-corrected chi connectivity index (χ2v) is 4.02. The molecule has 1 aliphatic rings. The fraction of sp³-hybridized carbons (Fsp3) is 0.636. The lowest BCUT2D eigenvalue weighted by molar-refractivity contribution is 0.356. The molecule has 1 aromatic heterocycles. The molecule has 82 valence electrons. The molecule has 0 amide bonds. The minimum atomic E-state index is 0.822. The van der Waals surface area contributed by atoms with Crippen LogP contribution in [-0.2, 0) is 6.54 Å². The zero-order valence-electron chi connectivity index (χ0n) is 8.95. The van der Waals surface area contributed by atoms with Crippen LogP contribution in [0.1, 0.15) is 18.5 Å². The van der Waals surface area contributed by atoms with Gasteiger partial charge >= 0.3 is 0 Å². The lowest BCUT2D eigenvalue weighted by atomic mass is 9.98. The summed E-state index contributed by atoms with van der Waals surface area (Å²) in [7, 11) is 0. The van der Waals surface area contributed by atoms with Crippen LogP contribution in [0, 0.1) is 5.92 Å². The second-order valence-electron chi connectivity index (χ2n) is 4.02. The number of nitrogens with one attached hydrogen (secondary N) is 2. The molecule has 0 radical (unpaired) electrons. The van der Waals surface area contributed by atoms with E-state index in [0.29, 0.717) is 0 Å². The Kier molecular flexibility index (Phi) is 4.05. The summed E-state index contributed by atoms with van der Waals surface area (Å²) < 4.78 is 0. The highest BCUT2D eigenvalue weighted by molar-refractivity contribution is 4.93. The van der Waals surface area contributed by atoms with Crippen LogP contribution in [0.25, 0.3) is 0 Å². The van der Waals surface area contributed by atoms with Gasteiger partial charge in [0.2, 0.25) is 0 Å². The average Bonchev–Trinajstić information content (AvgIpc) is 2.32. The van der Waals surface area contributed by atoms with E-state index in [4.69, 9.17) is 0 Å². The van der Waals surface area contributed by atoms with Gasteiger partial charge in [0.15, 0.2) is 0 Å². The summed E-state index contributed by atoms with van der Waals surface area (Å²) in [5.74, 6) is 0.822. The summed E-state index contributed by atoms with van der Waals surface area (Å²) >= 11 is 0. The largest absolute Gasteiger partial charge is 0.317 e. The van der Waals surface area contributed by atoms with Crippen molar-refractivity contribution in [1.82, 2.24) is 20.6 Å². The van der Waals surface area contributed by atoms with Crippen LogP contribution in [0.15, 0.2) is 18.6 Å². The zero-order chi connectivity index (χ0) is 10.3. The third-order valence-corrected chi connectivity index (χ3v) is 2.81. The Morgan fingerprint density at radius 1 is 1.33 bits per heavy atom. The van der Waals surface area contributed by atoms with Crippen molar-refractivity contribution in [3.8, 4) is 0 Å². The minimum absolute atomic E-state index is 0.822. The normalized spacial score (nSPS) is 17.9. The molecule has 0 atom stereocenters. The molecule has 0 aromatic carbocycles. The van der Waals surface area contributed by atoms with E-state index < -0.39 is 0 Å². The smallest absolute Gasteiger partial charge is 0.0724 e. The first kappa shape index (κ1) is 10.5. The summed E-state index contributed by atoms with van der Waals surface area (Å²) in [4.78, 5) is 8.26. The fourth-order valence-electron chi connectivity index (χ4n) is 1.91. The van der Waals surface area contributed by atoms with E-state index >= 15 is 0 Å². The first-order chi connectivity index (χ1) is 7.45. The Morgan fingerprint density at radius 3 is 2.93 bits per heavy atom. The van der Waals surface area contributed by atoms with Gasteiger partial charge in [0, 0.05) is 25.1 Å². The van der Waals surface area contributed by atoms with Crippen LogP contribution < -0.4 is 10.6 Å². The molecule has 1 aliphatic heterocycles. The van der Waals surface area contributed by atoms with Gasteiger partial charge in [-0.05, 0) is 38.4 Å². The molecule has 4 nitrogen and oxygen atoms in total. The Hall–Kier alpha value is -1.00. The van der Waals surface area contributed by atoms with Gasteiger partial charge in [0.1, 0.15) is 0 Å². The molecule has 2 N–H and O–H groups in total. The van der Waals surface area contributed by atoms with Gasteiger partial charge in [-0.15, -0.1) is 0 Å². The maximum Gasteiger partial charge on any atom is 0.0724 e. The van der Waals surface area contributed by atoms with Crippen molar-refractivity contribution >= 4 is 0 Å². The molecule has 0 spiro atoms. The number of piperidine rings is 1. The SMILES string of the molecule is c1cnc(CNCC2CCNCC2)cn1. The van der Waals surface area contributed by atoms with Crippen LogP contribution in [0.5, 0.6) is 0 Å². The molecule has 1 saturated heterocycles. The molecule has 1 fully saturated rings. The summed E-state index contributed by atoms with van der Waals surface area (Å²) in [6.07, 6.45) is 7.83. The van der Waals surface area contributed by atoms with E-state index in [2.05, 4.69) is 20.6 Å². The Morgan fingerprint density at radius 2 is 2.20 bits per heavy atom. The van der Waals surface area contributed by atoms with Crippen LogP contribution in [0.4, 0.5) is 0 Å². The summed E-state index contributed by atoms with van der Waals surface area (Å²) in [6.45, 7) is 4.25. The van der Waals surface area contributed by atoms with Crippen molar-refractivity contribution in [3.63, 3.8) is 0 Å². The zero-order valence-corrected chi connectivity index (χ0v) is 8.95. The van der Waals surface area contributed by atoms with Crippen LogP contribution in [0.3, 0.4) is 0 Å². The number of hydrogen-bond acceptors (Lipinski definition) is 4. The lowest BCUT2D eigenvalue weighted by Gasteiger charge is -2.22. The quantitative estimate of drug-likeness (QED) is 0.756. The van der Waals surface area contributed by atoms with Gasteiger partial charge in [0.05, 0.1) is 5.69 Å². The predicted molar refractivity (Wildman–Crippen MR) is 59.3 cm³/mol. The van der Waals surface area contributed by atoms with Gasteiger partial charge in [-0.2, -0.15) is 0 Å². The van der Waals surface area contributed by atoms with Crippen molar-refractivity contribution in [2.75, 3.05) is 19.6 Å². The van der Waals surface area contributed by atoms with Crippen molar-refractivity contribution < 1.29 is 0 Å². The molecular formula is C11H18N4. The monoisotopic (exact) mass is 206 g/mol. The highest BCUT2D eigenvalue weighted by Crippen LogP contribution is 2.09. The van der Waals surface area contributed by atoms with Gasteiger partial charge in [-0.3, -0.25) is 9.97 Å². The van der Waals surface area contributed by atoms with Crippen LogP contribution >= 0.6 is 0 Å². The highest BCUT2D eigenvalue weighted by Gasteiger charge is 2.11. The van der Waals surface area contributed by atoms with E-state index in [1.165, 1.54) is 12.8 Å². The maximum atomic E-state index is 4.22. The second kappa shape index (κ2) is 5.78. The average molecular weight is 206 g/mol. The molecule has 0 unspecified atom stereocenters. The van der Waals surface area contributed by atoms with Gasteiger partial charge in [-0.25, -0.2) is 0 Å². The number of nitrogens with zero attached hydrogens (tertiary/aromatic N) is 2. The summed E-state index contributed by atoms with van der Waals surface area (Å²) in [5, 5.41) is 6.81. The van der Waals surface area contributed by atoms with E-state index in [0.717, 1.165) is 37.8 Å². The minimum Gasteiger partial charge on any atom is -0.317 e. The van der Waals surface area contributed by atoms with E-state index in [9.17, 15) is 0 Å². The van der Waals surface area contributed by atoms with E-state index in [1.54, 1.807) is 12.4 Å². The third-order valence-electron chi connectivity index (χ3n) is 2.81. The maximum absolute atomic E-state index is 4.22. The predicted octanol–water partition coefficient (Wildman–Crippen LogP) is 0.566. The summed E-state index contributed by atoms with van der Waals surface area (Å²) in [5.41, 5.74) is 1.02. The molecule has 0 bridgehead atoms. The first-order valence-electron chi connectivity index (χ1n) is 5.61. The van der Waals surface area contributed by atoms with E-state index in [1.807, 2.05) is 6.20 Å². The third kappa shape index (κ3) is 3.57. The Bertz CT molecular complexity index is 269. The van der Waals surface area contributed by atoms with Crippen molar-refractivity contribution in [2.24, 2.45) is 5.92 Å². The number of rotatable bonds is 4. The number of aromatic nitrogens is 2. The molecule has 2 rings (SSSR count). The van der Waals surface area contributed by atoms with Gasteiger partial charge in [0.25, 0.3) is 0 Å². The number of hydrogen-bond donors (Lipinski definition) is 2. The van der Waals surface area contributed by atoms with Crippen molar-refractivity contribution in [1.29, 1.82) is 0 Å². The van der Waals surface area contributed by atoms with Crippen LogP contribution in [-0.4, -0.2) is 29.6 Å². The molecule has 0 saturated carbocycles. The topological polar surface area (TPSA) is 49.8 Å². The highest BCUT2D eigenvalue weighted by atomic mass is 14.9. The van der Waals surface area contributed by atoms with Crippen LogP contribution in [0.2, 0.25) is 0 Å². The molecule has 2 heterocycles. The van der Waals surface area contributed by atoms with Gasteiger partial charge in [-0.1, -0.05) is 0 Å². The van der Waals surface area contributed by atoms with Gasteiger partial charge < -0.3 is 10.6 Å². The van der Waals surface area contributed by atoms with E-state index in [-0.39, 0.29) is 0 Å². The molecule has 0 aliphatic carbocycles. The molecular weight excluding hydrogens is 188 g/mol. The fourth-order valence-corrected chi connectivity index (χ4v) is 1.91. The molecule has 4 heteroatoms. The van der Waals surface area contributed by atoms with Crippen molar-refractivity contribution in [2.45, 2.75) is 19.4 Å². The first-order valence-corrected chi connectivity index (χ1v) is 5.61.